The number of aliphatic hydroxyl groups is 1. The van der Waals surface area contributed by atoms with Crippen molar-refractivity contribution >= 4 is 5.78 Å². The molecule has 2 heteroatoms. The first kappa shape index (κ1) is 10.9. The van der Waals surface area contributed by atoms with E-state index < -0.39 is 0 Å². The highest BCUT2D eigenvalue weighted by Gasteiger charge is 2.33. The normalized spacial score (nSPS) is 37.7. The van der Waals surface area contributed by atoms with Gasteiger partial charge in [0.15, 0.2) is 5.78 Å². The van der Waals surface area contributed by atoms with E-state index >= 15 is 0 Å². The molecule has 2 rings (SSSR count). The molecule has 3 atom stereocenters. The van der Waals surface area contributed by atoms with E-state index in [9.17, 15) is 9.90 Å². The van der Waals surface area contributed by atoms with Gasteiger partial charge in [-0.1, -0.05) is 18.9 Å². The van der Waals surface area contributed by atoms with E-state index in [2.05, 4.69) is 0 Å². The van der Waals surface area contributed by atoms with E-state index in [0.717, 1.165) is 38.5 Å². The number of allylic oxidation sites excluding steroid dienone is 2. The summed E-state index contributed by atoms with van der Waals surface area (Å²) in [5.41, 5.74) is 0. The molecule has 0 radical (unpaired) electrons. The predicted molar refractivity (Wildman–Crippen MR) is 59.5 cm³/mol. The van der Waals surface area contributed by atoms with E-state index in [1.165, 1.54) is 6.42 Å². The Morgan fingerprint density at radius 2 is 1.93 bits per heavy atom. The zero-order chi connectivity index (χ0) is 10.7. The molecule has 0 aromatic heterocycles. The van der Waals surface area contributed by atoms with Crippen molar-refractivity contribution in [1.29, 1.82) is 0 Å². The average Bonchev–Trinajstić information content (AvgIpc) is 2.44. The fourth-order valence-electron chi connectivity index (χ4n) is 2.96. The fraction of sp³-hybridized carbons (Fsp3) is 0.769. The number of hydrogen-bond donors (Lipinski definition) is 1. The lowest BCUT2D eigenvalue weighted by molar-refractivity contribution is -0.122. The summed E-state index contributed by atoms with van der Waals surface area (Å²) in [5, 5.41) is 9.95. The monoisotopic (exact) mass is 208 g/mol. The topological polar surface area (TPSA) is 37.3 Å². The zero-order valence-electron chi connectivity index (χ0n) is 9.19. The molecule has 0 saturated heterocycles. The van der Waals surface area contributed by atoms with Crippen molar-refractivity contribution in [2.45, 2.75) is 51.0 Å². The molecule has 2 nitrogen and oxygen atoms in total. The second kappa shape index (κ2) is 4.93. The van der Waals surface area contributed by atoms with Gasteiger partial charge in [-0.25, -0.2) is 0 Å². The van der Waals surface area contributed by atoms with Crippen LogP contribution in [-0.4, -0.2) is 17.0 Å². The zero-order valence-corrected chi connectivity index (χ0v) is 9.19. The van der Waals surface area contributed by atoms with Crippen LogP contribution >= 0.6 is 0 Å². The largest absolute Gasteiger partial charge is 0.393 e. The third-order valence-electron chi connectivity index (χ3n) is 3.83. The van der Waals surface area contributed by atoms with Gasteiger partial charge in [-0.3, -0.25) is 4.79 Å². The highest BCUT2D eigenvalue weighted by Crippen LogP contribution is 2.34. The Bertz CT molecular complexity index is 257. The minimum atomic E-state index is -0.237. The Morgan fingerprint density at radius 1 is 1.13 bits per heavy atom. The molecule has 0 amide bonds. The van der Waals surface area contributed by atoms with Crippen LogP contribution in [0.3, 0.4) is 0 Å². The first-order valence-corrected chi connectivity index (χ1v) is 6.17. The summed E-state index contributed by atoms with van der Waals surface area (Å²) in [7, 11) is 0. The molecule has 0 aromatic rings. The summed E-state index contributed by atoms with van der Waals surface area (Å²) in [4.78, 5) is 11.9. The molecule has 0 bridgehead atoms. The van der Waals surface area contributed by atoms with Crippen LogP contribution < -0.4 is 0 Å². The van der Waals surface area contributed by atoms with Crippen LogP contribution in [0.2, 0.25) is 0 Å². The molecule has 2 aliphatic carbocycles. The molecule has 1 saturated carbocycles. The quantitative estimate of drug-likeness (QED) is 0.718. The third-order valence-corrected chi connectivity index (χ3v) is 3.83. The molecule has 0 spiro atoms. The van der Waals surface area contributed by atoms with Crippen molar-refractivity contribution < 1.29 is 9.90 Å². The molecule has 1 fully saturated rings. The van der Waals surface area contributed by atoms with E-state index in [0.29, 0.717) is 0 Å². The van der Waals surface area contributed by atoms with Crippen molar-refractivity contribution in [3.05, 3.63) is 12.2 Å². The van der Waals surface area contributed by atoms with Crippen LogP contribution in [-0.2, 0) is 4.79 Å². The predicted octanol–water partition coefficient (Wildman–Crippen LogP) is 2.46. The first-order valence-electron chi connectivity index (χ1n) is 6.17. The molecule has 2 aliphatic rings. The Morgan fingerprint density at radius 3 is 2.73 bits per heavy atom. The summed E-state index contributed by atoms with van der Waals surface area (Å²) in [6.07, 6.45) is 10.8. The minimum Gasteiger partial charge on any atom is -0.393 e. The van der Waals surface area contributed by atoms with E-state index in [4.69, 9.17) is 0 Å². The van der Waals surface area contributed by atoms with Gasteiger partial charge in [0.2, 0.25) is 0 Å². The summed E-state index contributed by atoms with van der Waals surface area (Å²) in [6.45, 7) is 0. The average molecular weight is 208 g/mol. The van der Waals surface area contributed by atoms with Gasteiger partial charge in [0.05, 0.1) is 6.10 Å². The maximum Gasteiger partial charge on any atom is 0.158 e. The molecule has 84 valence electrons. The number of hydrogen-bond acceptors (Lipinski definition) is 2. The minimum absolute atomic E-state index is 0.0963. The lowest BCUT2D eigenvalue weighted by Crippen LogP contribution is -2.34. The van der Waals surface area contributed by atoms with E-state index in [1.807, 2.05) is 6.08 Å². The van der Waals surface area contributed by atoms with E-state index in [-0.39, 0.29) is 23.7 Å². The van der Waals surface area contributed by atoms with Gasteiger partial charge < -0.3 is 5.11 Å². The maximum absolute atomic E-state index is 11.9. The Labute approximate surface area is 91.4 Å². The van der Waals surface area contributed by atoms with Gasteiger partial charge in [0.25, 0.3) is 0 Å². The molecule has 0 aromatic carbocycles. The van der Waals surface area contributed by atoms with Crippen molar-refractivity contribution in [2.24, 2.45) is 11.8 Å². The molecule has 15 heavy (non-hydrogen) atoms. The third kappa shape index (κ3) is 2.49. The van der Waals surface area contributed by atoms with Crippen molar-refractivity contribution in [3.8, 4) is 0 Å². The van der Waals surface area contributed by atoms with Crippen LogP contribution in [0, 0.1) is 11.8 Å². The van der Waals surface area contributed by atoms with Gasteiger partial charge >= 0.3 is 0 Å². The van der Waals surface area contributed by atoms with Crippen LogP contribution in [0.5, 0.6) is 0 Å². The molecule has 0 heterocycles. The number of rotatable bonds is 1. The molecule has 1 N–H and O–H groups in total. The van der Waals surface area contributed by atoms with Crippen LogP contribution in [0.25, 0.3) is 0 Å². The smallest absolute Gasteiger partial charge is 0.158 e. The highest BCUT2D eigenvalue weighted by molar-refractivity contribution is 5.92. The van der Waals surface area contributed by atoms with Gasteiger partial charge in [0.1, 0.15) is 0 Å². The fourth-order valence-corrected chi connectivity index (χ4v) is 2.96. The van der Waals surface area contributed by atoms with Crippen LogP contribution in [0.15, 0.2) is 12.2 Å². The molecular weight excluding hydrogens is 188 g/mol. The molecular formula is C13H20O2. The number of aliphatic hydroxyl groups excluding tert-OH is 1. The second-order valence-electron chi connectivity index (χ2n) is 4.86. The molecule has 0 aliphatic heterocycles. The van der Waals surface area contributed by atoms with Crippen LogP contribution in [0.4, 0.5) is 0 Å². The number of carbonyl (C=O) groups excluding carboxylic acids is 1. The lowest BCUT2D eigenvalue weighted by atomic mass is 9.74. The second-order valence-corrected chi connectivity index (χ2v) is 4.86. The number of carbonyl (C=O) groups is 1. The SMILES string of the molecule is O=C1C=CCCC[C@@H]1[C@@H]1CCCC[C@H]1O. The van der Waals surface area contributed by atoms with Gasteiger partial charge in [-0.2, -0.15) is 0 Å². The Hall–Kier alpha value is -0.630. The standard InChI is InChI=1S/C13H20O2/c14-12-8-3-1-2-6-10(12)11-7-4-5-9-13(11)15/h3,8,10-11,13,15H,1-2,4-7,9H2/t10-,11+,13-/m1/s1. The summed E-state index contributed by atoms with van der Waals surface area (Å²) < 4.78 is 0. The van der Waals surface area contributed by atoms with E-state index in [1.54, 1.807) is 6.08 Å². The van der Waals surface area contributed by atoms with Gasteiger partial charge in [-0.15, -0.1) is 0 Å². The lowest BCUT2D eigenvalue weighted by Gasteiger charge is -2.32. The maximum atomic E-state index is 11.9. The van der Waals surface area contributed by atoms with Gasteiger partial charge in [0, 0.05) is 5.92 Å². The van der Waals surface area contributed by atoms with Crippen LogP contribution in [0.1, 0.15) is 44.9 Å². The summed E-state index contributed by atoms with van der Waals surface area (Å²) in [6, 6.07) is 0. The molecule has 0 unspecified atom stereocenters. The first-order chi connectivity index (χ1) is 7.29. The summed E-state index contributed by atoms with van der Waals surface area (Å²) >= 11 is 0. The summed E-state index contributed by atoms with van der Waals surface area (Å²) in [5.74, 6) is 0.575. The van der Waals surface area contributed by atoms with Gasteiger partial charge in [-0.05, 0) is 44.1 Å². The van der Waals surface area contributed by atoms with Crippen molar-refractivity contribution in [1.82, 2.24) is 0 Å². The highest BCUT2D eigenvalue weighted by atomic mass is 16.3. The Balaban J connectivity index is 2.06. The van der Waals surface area contributed by atoms with Crippen molar-refractivity contribution in [3.63, 3.8) is 0 Å². The number of ketones is 1. The Kier molecular flexibility index (Phi) is 3.57. The van der Waals surface area contributed by atoms with Crippen molar-refractivity contribution in [2.75, 3.05) is 0 Å².